The average Bonchev–Trinajstić information content (AvgIpc) is 2.62. The van der Waals surface area contributed by atoms with Crippen LogP contribution < -0.4 is 10.1 Å². The van der Waals surface area contributed by atoms with Gasteiger partial charge in [-0.3, -0.25) is 0 Å². The minimum atomic E-state index is -0.291. The van der Waals surface area contributed by atoms with Crippen molar-refractivity contribution >= 4 is 40.5 Å². The maximum atomic E-state index is 13.2. The summed E-state index contributed by atoms with van der Waals surface area (Å²) < 4.78 is 18.9. The normalized spacial score (nSPS) is 10.6. The average molecular weight is 411 g/mol. The molecule has 3 rings (SSSR count). The van der Waals surface area contributed by atoms with Crippen LogP contribution in [0.1, 0.15) is 11.1 Å². The second-order valence-electron chi connectivity index (χ2n) is 5.67. The van der Waals surface area contributed by atoms with E-state index in [0.717, 1.165) is 16.8 Å². The van der Waals surface area contributed by atoms with Crippen molar-refractivity contribution in [3.05, 3.63) is 92.7 Å². The molecule has 134 valence electrons. The van der Waals surface area contributed by atoms with Gasteiger partial charge in [-0.1, -0.05) is 53.0 Å². The van der Waals surface area contributed by atoms with Gasteiger partial charge in [0.05, 0.1) is 15.1 Å². The molecule has 6 heteroatoms. The van der Waals surface area contributed by atoms with Gasteiger partial charge in [0, 0.05) is 12.2 Å². The lowest BCUT2D eigenvalue weighted by molar-refractivity contribution is 0.305. The second-order valence-corrected chi connectivity index (χ2v) is 6.89. The minimum Gasteiger partial charge on any atom is -0.487 e. The molecule has 0 heterocycles. The Morgan fingerprint density at radius 2 is 1.65 bits per heavy atom. The SMILES string of the molecule is Fc1cccc(COc2ccc(CNc3ccc(Cl)c(Cl)c3)cc2Cl)c1. The summed E-state index contributed by atoms with van der Waals surface area (Å²) in [4.78, 5) is 0. The monoisotopic (exact) mass is 409 g/mol. The topological polar surface area (TPSA) is 21.3 Å². The molecule has 0 aromatic heterocycles. The first kappa shape index (κ1) is 18.8. The Balaban J connectivity index is 1.60. The molecule has 0 atom stereocenters. The lowest BCUT2D eigenvalue weighted by Crippen LogP contribution is -2.00. The van der Waals surface area contributed by atoms with Crippen molar-refractivity contribution in [1.82, 2.24) is 0 Å². The molecule has 3 aromatic carbocycles. The maximum absolute atomic E-state index is 13.2. The molecular formula is C20H15Cl3FNO. The predicted octanol–water partition coefficient (Wildman–Crippen LogP) is 6.98. The zero-order valence-electron chi connectivity index (χ0n) is 13.6. The first-order valence-corrected chi connectivity index (χ1v) is 8.99. The van der Waals surface area contributed by atoms with Gasteiger partial charge >= 0.3 is 0 Å². The fraction of sp³-hybridized carbons (Fsp3) is 0.100. The number of hydrogen-bond acceptors (Lipinski definition) is 2. The standard InChI is InChI=1S/C20H15Cl3FNO/c21-17-6-5-16(10-18(17)22)25-11-13-4-7-20(19(23)9-13)26-12-14-2-1-3-15(24)8-14/h1-10,25H,11-12H2. The van der Waals surface area contributed by atoms with E-state index >= 15 is 0 Å². The molecular weight excluding hydrogens is 396 g/mol. The lowest BCUT2D eigenvalue weighted by Gasteiger charge is -2.11. The van der Waals surface area contributed by atoms with Crippen molar-refractivity contribution in [3.63, 3.8) is 0 Å². The van der Waals surface area contributed by atoms with E-state index in [9.17, 15) is 4.39 Å². The van der Waals surface area contributed by atoms with Gasteiger partial charge in [0.1, 0.15) is 18.2 Å². The van der Waals surface area contributed by atoms with Gasteiger partial charge in [-0.2, -0.15) is 0 Å². The molecule has 2 nitrogen and oxygen atoms in total. The molecule has 0 spiro atoms. The molecule has 1 N–H and O–H groups in total. The predicted molar refractivity (Wildman–Crippen MR) is 106 cm³/mol. The fourth-order valence-electron chi connectivity index (χ4n) is 2.37. The van der Waals surface area contributed by atoms with Gasteiger partial charge in [0.25, 0.3) is 0 Å². The van der Waals surface area contributed by atoms with Crippen LogP contribution in [0.3, 0.4) is 0 Å². The van der Waals surface area contributed by atoms with Gasteiger partial charge in [-0.25, -0.2) is 4.39 Å². The van der Waals surface area contributed by atoms with E-state index < -0.39 is 0 Å². The van der Waals surface area contributed by atoms with E-state index in [0.29, 0.717) is 27.4 Å². The molecule has 3 aromatic rings. The van der Waals surface area contributed by atoms with Crippen LogP contribution in [0, 0.1) is 5.82 Å². The van der Waals surface area contributed by atoms with Gasteiger partial charge in [-0.15, -0.1) is 0 Å². The van der Waals surface area contributed by atoms with E-state index in [1.165, 1.54) is 12.1 Å². The summed E-state index contributed by atoms with van der Waals surface area (Å²) in [6.45, 7) is 0.820. The summed E-state index contributed by atoms with van der Waals surface area (Å²) in [7, 11) is 0. The summed E-state index contributed by atoms with van der Waals surface area (Å²) in [5.41, 5.74) is 2.59. The number of hydrogen-bond donors (Lipinski definition) is 1. The van der Waals surface area contributed by atoms with Gasteiger partial charge in [0.15, 0.2) is 0 Å². The second kappa shape index (κ2) is 8.63. The van der Waals surface area contributed by atoms with Crippen molar-refractivity contribution in [1.29, 1.82) is 0 Å². The molecule has 0 saturated heterocycles. The van der Waals surface area contributed by atoms with E-state index in [-0.39, 0.29) is 12.4 Å². The van der Waals surface area contributed by atoms with Gasteiger partial charge in [-0.05, 0) is 53.6 Å². The van der Waals surface area contributed by atoms with Crippen LogP contribution in [-0.2, 0) is 13.2 Å². The highest BCUT2D eigenvalue weighted by atomic mass is 35.5. The molecule has 0 amide bonds. The molecule has 0 bridgehead atoms. The quantitative estimate of drug-likeness (QED) is 0.473. The lowest BCUT2D eigenvalue weighted by atomic mass is 10.2. The number of rotatable bonds is 6. The highest BCUT2D eigenvalue weighted by Crippen LogP contribution is 2.28. The van der Waals surface area contributed by atoms with Crippen LogP contribution in [0.2, 0.25) is 15.1 Å². The summed E-state index contributed by atoms with van der Waals surface area (Å²) >= 11 is 18.2. The van der Waals surface area contributed by atoms with Gasteiger partial charge in [0.2, 0.25) is 0 Å². The Bertz CT molecular complexity index is 917. The molecule has 0 fully saturated rings. The Hall–Kier alpha value is -1.94. The highest BCUT2D eigenvalue weighted by molar-refractivity contribution is 6.42. The fourth-order valence-corrected chi connectivity index (χ4v) is 2.93. The van der Waals surface area contributed by atoms with Crippen molar-refractivity contribution in [3.8, 4) is 5.75 Å². The summed E-state index contributed by atoms with van der Waals surface area (Å²) in [6.07, 6.45) is 0. The smallest absolute Gasteiger partial charge is 0.138 e. The van der Waals surface area contributed by atoms with E-state index in [4.69, 9.17) is 39.5 Å². The number of anilines is 1. The van der Waals surface area contributed by atoms with Crippen LogP contribution in [0.25, 0.3) is 0 Å². The number of halogens is 4. The van der Waals surface area contributed by atoms with E-state index in [1.807, 2.05) is 18.2 Å². The zero-order valence-corrected chi connectivity index (χ0v) is 15.9. The Labute approximate surface area is 166 Å². The van der Waals surface area contributed by atoms with E-state index in [1.54, 1.807) is 30.3 Å². The minimum absolute atomic E-state index is 0.248. The number of ether oxygens (including phenoxy) is 1. The van der Waals surface area contributed by atoms with Crippen molar-refractivity contribution in [2.75, 3.05) is 5.32 Å². The molecule has 26 heavy (non-hydrogen) atoms. The summed E-state index contributed by atoms with van der Waals surface area (Å²) in [6, 6.07) is 17.2. The largest absolute Gasteiger partial charge is 0.487 e. The maximum Gasteiger partial charge on any atom is 0.138 e. The Morgan fingerprint density at radius 3 is 2.38 bits per heavy atom. The molecule has 0 aliphatic heterocycles. The van der Waals surface area contributed by atoms with Crippen LogP contribution in [0.5, 0.6) is 5.75 Å². The molecule has 0 aliphatic rings. The van der Waals surface area contributed by atoms with Crippen molar-refractivity contribution in [2.24, 2.45) is 0 Å². The van der Waals surface area contributed by atoms with Gasteiger partial charge < -0.3 is 10.1 Å². The third-order valence-electron chi connectivity index (χ3n) is 3.70. The summed E-state index contributed by atoms with van der Waals surface area (Å²) in [5.74, 6) is 0.259. The third kappa shape index (κ3) is 5.04. The molecule has 0 unspecified atom stereocenters. The van der Waals surface area contributed by atoms with Crippen molar-refractivity contribution < 1.29 is 9.13 Å². The molecule has 0 aliphatic carbocycles. The third-order valence-corrected chi connectivity index (χ3v) is 4.73. The van der Waals surface area contributed by atoms with Crippen LogP contribution in [0.4, 0.5) is 10.1 Å². The van der Waals surface area contributed by atoms with Crippen LogP contribution in [0.15, 0.2) is 60.7 Å². The zero-order chi connectivity index (χ0) is 18.5. The van der Waals surface area contributed by atoms with Crippen LogP contribution >= 0.6 is 34.8 Å². The van der Waals surface area contributed by atoms with Crippen molar-refractivity contribution in [2.45, 2.75) is 13.2 Å². The highest BCUT2D eigenvalue weighted by Gasteiger charge is 2.05. The molecule has 0 radical (unpaired) electrons. The Morgan fingerprint density at radius 1 is 0.808 bits per heavy atom. The number of nitrogens with one attached hydrogen (secondary N) is 1. The first-order valence-electron chi connectivity index (χ1n) is 7.86. The van der Waals surface area contributed by atoms with E-state index in [2.05, 4.69) is 5.32 Å². The van der Waals surface area contributed by atoms with Crippen LogP contribution in [-0.4, -0.2) is 0 Å². The first-order chi connectivity index (χ1) is 12.5. The Kier molecular flexibility index (Phi) is 6.25. The summed E-state index contributed by atoms with van der Waals surface area (Å²) in [5, 5.41) is 4.76. The number of benzene rings is 3. The molecule has 0 saturated carbocycles.